The maximum Gasteiger partial charge on any atom is 0.306 e. The number of nitrogens with zero attached hydrogens (tertiary/aromatic N) is 3. The highest BCUT2D eigenvalue weighted by Gasteiger charge is 2.20. The molecule has 9 nitrogen and oxygen atoms in total. The van der Waals surface area contributed by atoms with Gasteiger partial charge in [-0.1, -0.05) is 0 Å². The van der Waals surface area contributed by atoms with Gasteiger partial charge in [-0.15, -0.1) is 0 Å². The second kappa shape index (κ2) is 9.61. The van der Waals surface area contributed by atoms with Crippen molar-refractivity contribution < 1.29 is 27.1 Å². The smallest absolute Gasteiger partial charge is 0.306 e. The summed E-state index contributed by atoms with van der Waals surface area (Å²) in [5.41, 5.74) is 0.736. The number of aromatic nitrogens is 2. The van der Waals surface area contributed by atoms with Gasteiger partial charge in [-0.2, -0.15) is 5.10 Å². The van der Waals surface area contributed by atoms with Crippen molar-refractivity contribution in [2.24, 2.45) is 7.05 Å². The molecule has 1 heterocycles. The van der Waals surface area contributed by atoms with Crippen LogP contribution in [0.3, 0.4) is 0 Å². The molecular formula is C18H23FN4O5S. The van der Waals surface area contributed by atoms with Crippen molar-refractivity contribution in [3.8, 4) is 0 Å². The minimum atomic E-state index is -3.77. The van der Waals surface area contributed by atoms with Crippen LogP contribution < -0.4 is 5.32 Å². The molecule has 1 aromatic heterocycles. The third-order valence-electron chi connectivity index (χ3n) is 4.01. The number of anilines is 1. The zero-order chi connectivity index (χ0) is 21.6. The van der Waals surface area contributed by atoms with Gasteiger partial charge in [0.15, 0.2) is 6.61 Å². The molecule has 0 bridgehead atoms. The first-order valence-corrected chi connectivity index (χ1v) is 10.2. The van der Waals surface area contributed by atoms with Crippen LogP contribution in [-0.2, 0) is 31.4 Å². The summed E-state index contributed by atoms with van der Waals surface area (Å²) in [5, 5.41) is 6.66. The first-order chi connectivity index (χ1) is 13.6. The largest absolute Gasteiger partial charge is 0.456 e. The molecule has 158 valence electrons. The van der Waals surface area contributed by atoms with Gasteiger partial charge in [-0.05, 0) is 37.6 Å². The molecule has 0 aliphatic rings. The van der Waals surface area contributed by atoms with Crippen molar-refractivity contribution in [2.45, 2.75) is 24.7 Å². The van der Waals surface area contributed by atoms with E-state index in [0.717, 1.165) is 22.1 Å². The van der Waals surface area contributed by atoms with Crippen LogP contribution in [-0.4, -0.2) is 54.6 Å². The third-order valence-corrected chi connectivity index (χ3v) is 5.88. The van der Waals surface area contributed by atoms with Crippen LogP contribution in [0.5, 0.6) is 0 Å². The number of sulfonamides is 1. The average Bonchev–Trinajstić information content (AvgIpc) is 2.97. The Bertz CT molecular complexity index is 973. The maximum absolute atomic E-state index is 12.9. The minimum Gasteiger partial charge on any atom is -0.456 e. The normalized spacial score (nSPS) is 11.5. The van der Waals surface area contributed by atoms with Crippen molar-refractivity contribution in [3.63, 3.8) is 0 Å². The number of amides is 1. The highest BCUT2D eigenvalue weighted by Crippen LogP contribution is 2.15. The summed E-state index contributed by atoms with van der Waals surface area (Å²) in [5.74, 6) is -1.17. The molecule has 0 fully saturated rings. The first-order valence-electron chi connectivity index (χ1n) is 8.77. The first kappa shape index (κ1) is 22.5. The SMILES string of the molecule is Cc1cc(NC(=O)COC(=O)CCCN(C)S(=O)(=O)c2ccc(F)cc2)n(C)n1. The average molecular weight is 426 g/mol. The fraction of sp³-hybridized carbons (Fsp3) is 0.389. The Morgan fingerprint density at radius 1 is 1.28 bits per heavy atom. The van der Waals surface area contributed by atoms with Gasteiger partial charge in [0.25, 0.3) is 5.91 Å². The Labute approximate surface area is 168 Å². The summed E-state index contributed by atoms with van der Waals surface area (Å²) in [6.45, 7) is 1.39. The molecule has 1 aromatic carbocycles. The quantitative estimate of drug-likeness (QED) is 0.608. The topological polar surface area (TPSA) is 111 Å². The Balaban J connectivity index is 1.74. The van der Waals surface area contributed by atoms with Crippen LogP contribution in [0.4, 0.5) is 10.2 Å². The fourth-order valence-electron chi connectivity index (χ4n) is 2.48. The summed E-state index contributed by atoms with van der Waals surface area (Å²) < 4.78 is 45.1. The van der Waals surface area contributed by atoms with Crippen molar-refractivity contribution in [1.29, 1.82) is 0 Å². The predicted molar refractivity (Wildman–Crippen MR) is 103 cm³/mol. The summed E-state index contributed by atoms with van der Waals surface area (Å²) in [6, 6.07) is 6.17. The zero-order valence-corrected chi connectivity index (χ0v) is 17.2. The van der Waals surface area contributed by atoms with E-state index in [2.05, 4.69) is 10.4 Å². The predicted octanol–water partition coefficient (Wildman–Crippen LogP) is 1.45. The molecule has 0 aliphatic heterocycles. The molecule has 1 amide bonds. The number of carbonyl (C=O) groups excluding carboxylic acids is 2. The van der Waals surface area contributed by atoms with Crippen LogP contribution in [0, 0.1) is 12.7 Å². The summed E-state index contributed by atoms with van der Waals surface area (Å²) in [7, 11) is -0.734. The molecule has 0 atom stereocenters. The number of hydrogen-bond acceptors (Lipinski definition) is 6. The number of benzene rings is 1. The van der Waals surface area contributed by atoms with Gasteiger partial charge in [-0.25, -0.2) is 17.1 Å². The lowest BCUT2D eigenvalue weighted by Gasteiger charge is -2.17. The second-order valence-corrected chi connectivity index (χ2v) is 8.43. The van der Waals surface area contributed by atoms with E-state index in [0.29, 0.717) is 5.82 Å². The maximum atomic E-state index is 12.9. The van der Waals surface area contributed by atoms with Crippen molar-refractivity contribution >= 4 is 27.7 Å². The Morgan fingerprint density at radius 3 is 2.52 bits per heavy atom. The summed E-state index contributed by atoms with van der Waals surface area (Å²) in [4.78, 5) is 23.6. The van der Waals surface area contributed by atoms with Crippen molar-refractivity contribution in [1.82, 2.24) is 14.1 Å². The highest BCUT2D eigenvalue weighted by atomic mass is 32.2. The molecule has 0 spiro atoms. The number of hydrogen-bond donors (Lipinski definition) is 1. The molecule has 0 saturated carbocycles. The van der Waals surface area contributed by atoms with Crippen LogP contribution >= 0.6 is 0 Å². The lowest BCUT2D eigenvalue weighted by atomic mass is 10.3. The van der Waals surface area contributed by atoms with E-state index in [1.807, 2.05) is 0 Å². The standard InChI is InChI=1S/C18H23FN4O5S/c1-13-11-16(23(3)21-13)20-17(24)12-28-18(25)5-4-10-22(2)29(26,27)15-8-6-14(19)7-9-15/h6-9,11H,4-5,10,12H2,1-3H3,(H,20,24). The van der Waals surface area contributed by atoms with Crippen LogP contribution in [0.2, 0.25) is 0 Å². The molecule has 0 radical (unpaired) electrons. The van der Waals surface area contributed by atoms with Gasteiger partial charge in [0.2, 0.25) is 10.0 Å². The minimum absolute atomic E-state index is 0.0361. The van der Waals surface area contributed by atoms with E-state index < -0.39 is 34.3 Å². The molecule has 0 unspecified atom stereocenters. The van der Waals surface area contributed by atoms with E-state index in [9.17, 15) is 22.4 Å². The Hall–Kier alpha value is -2.79. The fourth-order valence-corrected chi connectivity index (χ4v) is 3.69. The van der Waals surface area contributed by atoms with Gasteiger partial charge < -0.3 is 10.1 Å². The van der Waals surface area contributed by atoms with Gasteiger partial charge in [0.05, 0.1) is 10.6 Å². The van der Waals surface area contributed by atoms with Crippen LogP contribution in [0.1, 0.15) is 18.5 Å². The van der Waals surface area contributed by atoms with E-state index in [4.69, 9.17) is 4.74 Å². The molecular weight excluding hydrogens is 403 g/mol. The highest BCUT2D eigenvalue weighted by molar-refractivity contribution is 7.89. The van der Waals surface area contributed by atoms with Crippen LogP contribution in [0.25, 0.3) is 0 Å². The molecule has 0 aliphatic carbocycles. The Kier molecular flexibility index (Phi) is 7.46. The third kappa shape index (κ3) is 6.36. The second-order valence-electron chi connectivity index (χ2n) is 6.39. The molecule has 29 heavy (non-hydrogen) atoms. The molecule has 1 N–H and O–H groups in total. The van der Waals surface area contributed by atoms with Gasteiger partial charge in [0.1, 0.15) is 11.6 Å². The van der Waals surface area contributed by atoms with E-state index in [1.165, 1.54) is 23.9 Å². The number of ether oxygens (including phenoxy) is 1. The number of carbonyl (C=O) groups is 2. The monoisotopic (exact) mass is 426 g/mol. The molecule has 2 rings (SSSR count). The van der Waals surface area contributed by atoms with Gasteiger partial charge in [-0.3, -0.25) is 14.3 Å². The molecule has 0 saturated heterocycles. The number of rotatable bonds is 9. The number of halogens is 1. The zero-order valence-electron chi connectivity index (χ0n) is 16.4. The van der Waals surface area contributed by atoms with Crippen molar-refractivity contribution in [2.75, 3.05) is 25.5 Å². The lowest BCUT2D eigenvalue weighted by Crippen LogP contribution is -2.28. The van der Waals surface area contributed by atoms with E-state index in [1.54, 1.807) is 20.0 Å². The number of aryl methyl sites for hydroxylation is 2. The van der Waals surface area contributed by atoms with E-state index in [-0.39, 0.29) is 24.3 Å². The van der Waals surface area contributed by atoms with Crippen molar-refractivity contribution in [3.05, 3.63) is 41.8 Å². The van der Waals surface area contributed by atoms with Gasteiger partial charge >= 0.3 is 5.97 Å². The number of nitrogens with one attached hydrogen (secondary N) is 1. The van der Waals surface area contributed by atoms with E-state index >= 15 is 0 Å². The summed E-state index contributed by atoms with van der Waals surface area (Å²) in [6.07, 6.45) is 0.152. The lowest BCUT2D eigenvalue weighted by molar-refractivity contribution is -0.147. The summed E-state index contributed by atoms with van der Waals surface area (Å²) >= 11 is 0. The molecule has 11 heteroatoms. The molecule has 2 aromatic rings. The Morgan fingerprint density at radius 2 is 1.93 bits per heavy atom. The van der Waals surface area contributed by atoms with Crippen LogP contribution in [0.15, 0.2) is 35.2 Å². The number of esters is 1. The van der Waals surface area contributed by atoms with Gasteiger partial charge in [0, 0.05) is 33.1 Å².